The van der Waals surface area contributed by atoms with Crippen molar-refractivity contribution < 1.29 is 9.47 Å². The van der Waals surface area contributed by atoms with E-state index >= 15 is 0 Å². The number of benzene rings is 3. The molecule has 0 bridgehead atoms. The Labute approximate surface area is 198 Å². The molecule has 1 fully saturated rings. The molecule has 0 radical (unpaired) electrons. The Morgan fingerprint density at radius 1 is 0.879 bits per heavy atom. The number of piperazine rings is 1. The van der Waals surface area contributed by atoms with E-state index in [1.165, 1.54) is 0 Å². The van der Waals surface area contributed by atoms with Crippen molar-refractivity contribution in [2.75, 3.05) is 38.2 Å². The number of imidazole rings is 1. The van der Waals surface area contributed by atoms with Crippen LogP contribution in [0.2, 0.25) is 5.02 Å². The Hall–Kier alpha value is -3.22. The highest BCUT2D eigenvalue weighted by Crippen LogP contribution is 2.28. The van der Waals surface area contributed by atoms with Crippen LogP contribution >= 0.6 is 11.6 Å². The summed E-state index contributed by atoms with van der Waals surface area (Å²) >= 11 is 5.99. The summed E-state index contributed by atoms with van der Waals surface area (Å²) in [5.74, 6) is 2.62. The van der Waals surface area contributed by atoms with E-state index in [0.29, 0.717) is 11.6 Å². The maximum atomic E-state index is 6.02. The Bertz CT molecular complexity index is 1220. The minimum absolute atomic E-state index is 0.400. The van der Waals surface area contributed by atoms with Gasteiger partial charge in [0.05, 0.1) is 30.5 Å². The SMILES string of the molecule is COc1ccccc1N1CCN(Cn2c(COc3ccc(Cl)cc3)nc3ccccc32)CC1. The number of rotatable bonds is 7. The van der Waals surface area contributed by atoms with Gasteiger partial charge >= 0.3 is 0 Å². The smallest absolute Gasteiger partial charge is 0.149 e. The van der Waals surface area contributed by atoms with E-state index in [0.717, 1.165) is 66.9 Å². The standard InChI is InChI=1S/C26H27ClN4O2/c1-32-25-9-5-4-8-24(25)30-16-14-29(15-17-30)19-31-23-7-3-2-6-22(23)28-26(31)18-33-21-12-10-20(27)11-13-21/h2-13H,14-19H2,1H3. The maximum absolute atomic E-state index is 6.02. The first kappa shape index (κ1) is 21.6. The van der Waals surface area contributed by atoms with Crippen LogP contribution in [-0.2, 0) is 13.3 Å². The molecule has 1 aliphatic heterocycles. The zero-order chi connectivity index (χ0) is 22.6. The number of hydrogen-bond acceptors (Lipinski definition) is 5. The number of para-hydroxylation sites is 4. The van der Waals surface area contributed by atoms with Gasteiger partial charge in [-0.15, -0.1) is 0 Å². The Morgan fingerprint density at radius 2 is 1.61 bits per heavy atom. The van der Waals surface area contributed by atoms with Crippen molar-refractivity contribution in [2.45, 2.75) is 13.3 Å². The fourth-order valence-electron chi connectivity index (χ4n) is 4.29. The molecular formula is C26H27ClN4O2. The molecule has 1 aliphatic rings. The lowest BCUT2D eigenvalue weighted by molar-refractivity contribution is 0.198. The zero-order valence-electron chi connectivity index (χ0n) is 18.7. The molecule has 0 amide bonds. The number of fused-ring (bicyclic) bond motifs is 1. The summed E-state index contributed by atoms with van der Waals surface area (Å²) < 4.78 is 13.8. The summed E-state index contributed by atoms with van der Waals surface area (Å²) in [6, 6.07) is 23.9. The van der Waals surface area contributed by atoms with E-state index in [2.05, 4.69) is 44.7 Å². The van der Waals surface area contributed by atoms with Crippen LogP contribution in [0.1, 0.15) is 5.82 Å². The number of ether oxygens (including phenoxy) is 2. The average molecular weight is 463 g/mol. The summed E-state index contributed by atoms with van der Waals surface area (Å²) in [6.07, 6.45) is 0. The van der Waals surface area contributed by atoms with Gasteiger partial charge in [-0.2, -0.15) is 0 Å². The van der Waals surface area contributed by atoms with Crippen LogP contribution < -0.4 is 14.4 Å². The summed E-state index contributed by atoms with van der Waals surface area (Å²) in [7, 11) is 1.73. The number of nitrogens with zero attached hydrogens (tertiary/aromatic N) is 4. The van der Waals surface area contributed by atoms with Gasteiger partial charge in [0.1, 0.15) is 23.9 Å². The molecule has 33 heavy (non-hydrogen) atoms. The topological polar surface area (TPSA) is 42.8 Å². The molecule has 0 atom stereocenters. The zero-order valence-corrected chi connectivity index (χ0v) is 19.4. The maximum Gasteiger partial charge on any atom is 0.149 e. The van der Waals surface area contributed by atoms with Gasteiger partial charge in [-0.25, -0.2) is 4.98 Å². The predicted molar refractivity (Wildman–Crippen MR) is 132 cm³/mol. The van der Waals surface area contributed by atoms with Gasteiger partial charge < -0.3 is 18.9 Å². The minimum Gasteiger partial charge on any atom is -0.495 e. The molecule has 5 rings (SSSR count). The molecular weight excluding hydrogens is 436 g/mol. The van der Waals surface area contributed by atoms with Crippen LogP contribution in [0.15, 0.2) is 72.8 Å². The Kier molecular flexibility index (Phi) is 6.37. The highest BCUT2D eigenvalue weighted by Gasteiger charge is 2.21. The van der Waals surface area contributed by atoms with Crippen molar-refractivity contribution in [3.05, 3.63) is 83.6 Å². The lowest BCUT2D eigenvalue weighted by atomic mass is 10.2. The van der Waals surface area contributed by atoms with Gasteiger partial charge in [-0.05, 0) is 48.5 Å². The summed E-state index contributed by atoms with van der Waals surface area (Å²) in [5, 5.41) is 0.696. The molecule has 1 saturated heterocycles. The molecule has 0 saturated carbocycles. The van der Waals surface area contributed by atoms with Gasteiger partial charge in [0.2, 0.25) is 0 Å². The lowest BCUT2D eigenvalue weighted by Crippen LogP contribution is -2.47. The number of methoxy groups -OCH3 is 1. The molecule has 6 nitrogen and oxygen atoms in total. The summed E-state index contributed by atoms with van der Waals surface area (Å²) in [6.45, 7) is 4.99. The van der Waals surface area contributed by atoms with Gasteiger partial charge in [0, 0.05) is 31.2 Å². The molecule has 0 spiro atoms. The van der Waals surface area contributed by atoms with Crippen molar-refractivity contribution in [1.82, 2.24) is 14.5 Å². The highest BCUT2D eigenvalue weighted by atomic mass is 35.5. The number of aromatic nitrogens is 2. The second-order valence-corrected chi connectivity index (χ2v) is 8.54. The van der Waals surface area contributed by atoms with E-state index in [-0.39, 0.29) is 0 Å². The van der Waals surface area contributed by atoms with E-state index in [1.807, 2.05) is 42.5 Å². The van der Waals surface area contributed by atoms with Crippen LogP contribution in [0.25, 0.3) is 11.0 Å². The highest BCUT2D eigenvalue weighted by molar-refractivity contribution is 6.30. The van der Waals surface area contributed by atoms with E-state index < -0.39 is 0 Å². The molecule has 2 heterocycles. The summed E-state index contributed by atoms with van der Waals surface area (Å²) in [5.41, 5.74) is 3.27. The van der Waals surface area contributed by atoms with Crippen LogP contribution in [0.5, 0.6) is 11.5 Å². The number of hydrogen-bond donors (Lipinski definition) is 0. The monoisotopic (exact) mass is 462 g/mol. The fourth-order valence-corrected chi connectivity index (χ4v) is 4.42. The first-order chi connectivity index (χ1) is 16.2. The molecule has 7 heteroatoms. The minimum atomic E-state index is 0.400. The molecule has 0 N–H and O–H groups in total. The van der Waals surface area contributed by atoms with Gasteiger partial charge in [0.25, 0.3) is 0 Å². The van der Waals surface area contributed by atoms with Gasteiger partial charge in [0.15, 0.2) is 0 Å². The quantitative estimate of drug-likeness (QED) is 0.384. The third-order valence-electron chi connectivity index (χ3n) is 6.05. The lowest BCUT2D eigenvalue weighted by Gasteiger charge is -2.37. The Morgan fingerprint density at radius 3 is 2.39 bits per heavy atom. The van der Waals surface area contributed by atoms with E-state index in [4.69, 9.17) is 26.1 Å². The van der Waals surface area contributed by atoms with Crippen LogP contribution in [-0.4, -0.2) is 47.7 Å². The average Bonchev–Trinajstić information content (AvgIpc) is 3.21. The van der Waals surface area contributed by atoms with Crippen molar-refractivity contribution >= 4 is 28.3 Å². The second-order valence-electron chi connectivity index (χ2n) is 8.11. The third-order valence-corrected chi connectivity index (χ3v) is 6.31. The van der Waals surface area contributed by atoms with E-state index in [1.54, 1.807) is 7.11 Å². The second kappa shape index (κ2) is 9.73. The van der Waals surface area contributed by atoms with Crippen molar-refractivity contribution in [3.63, 3.8) is 0 Å². The largest absolute Gasteiger partial charge is 0.495 e. The normalized spacial score (nSPS) is 14.5. The molecule has 0 aliphatic carbocycles. The first-order valence-electron chi connectivity index (χ1n) is 11.1. The van der Waals surface area contributed by atoms with Gasteiger partial charge in [-0.1, -0.05) is 35.9 Å². The van der Waals surface area contributed by atoms with Crippen molar-refractivity contribution in [3.8, 4) is 11.5 Å². The van der Waals surface area contributed by atoms with Gasteiger partial charge in [-0.3, -0.25) is 4.90 Å². The molecule has 170 valence electrons. The van der Waals surface area contributed by atoms with Crippen molar-refractivity contribution in [1.29, 1.82) is 0 Å². The molecule has 4 aromatic rings. The predicted octanol–water partition coefficient (Wildman–Crippen LogP) is 5.06. The molecule has 0 unspecified atom stereocenters. The number of anilines is 1. The van der Waals surface area contributed by atoms with Crippen molar-refractivity contribution in [2.24, 2.45) is 0 Å². The summed E-state index contributed by atoms with van der Waals surface area (Å²) in [4.78, 5) is 9.71. The molecule has 3 aromatic carbocycles. The van der Waals surface area contributed by atoms with Crippen LogP contribution in [0.4, 0.5) is 5.69 Å². The van der Waals surface area contributed by atoms with E-state index in [9.17, 15) is 0 Å². The number of halogens is 1. The van der Waals surface area contributed by atoms with Crippen LogP contribution in [0.3, 0.4) is 0 Å². The fraction of sp³-hybridized carbons (Fsp3) is 0.269. The third kappa shape index (κ3) is 4.77. The molecule has 1 aromatic heterocycles. The Balaban J connectivity index is 1.30. The van der Waals surface area contributed by atoms with Crippen LogP contribution in [0, 0.1) is 0 Å². The first-order valence-corrected chi connectivity index (χ1v) is 11.5.